The Balaban J connectivity index is 2.89. The van der Waals surface area contributed by atoms with Crippen LogP contribution in [-0.4, -0.2) is 10.8 Å². The molecule has 0 saturated heterocycles. The quantitative estimate of drug-likeness (QED) is 0.570. The van der Waals surface area contributed by atoms with Crippen molar-refractivity contribution in [1.29, 1.82) is 0 Å². The summed E-state index contributed by atoms with van der Waals surface area (Å²) in [4.78, 5) is 20.7. The van der Waals surface area contributed by atoms with Crippen molar-refractivity contribution in [1.82, 2.24) is 0 Å². The van der Waals surface area contributed by atoms with Crippen molar-refractivity contribution < 1.29 is 9.72 Å². The number of nitrogens with zero attached hydrogens (tertiary/aromatic N) is 1. The van der Waals surface area contributed by atoms with Crippen LogP contribution in [0.5, 0.6) is 0 Å². The number of hydrogen-bond acceptors (Lipinski definition) is 3. The van der Waals surface area contributed by atoms with Gasteiger partial charge in [-0.1, -0.05) is 30.3 Å². The first-order chi connectivity index (χ1) is 6.61. The molecule has 0 aliphatic carbocycles. The van der Waals surface area contributed by atoms with Crippen LogP contribution < -0.4 is 5.73 Å². The zero-order valence-corrected chi connectivity index (χ0v) is 7.42. The topological polar surface area (TPSA) is 86.2 Å². The zero-order chi connectivity index (χ0) is 10.6. The Labute approximate surface area is 80.7 Å². The second kappa shape index (κ2) is 4.36. The van der Waals surface area contributed by atoms with E-state index in [1.807, 2.05) is 0 Å². The molecule has 0 bridgehead atoms. The molecular weight excluding hydrogens is 184 g/mol. The first-order valence-corrected chi connectivity index (χ1v) is 4.08. The lowest BCUT2D eigenvalue weighted by atomic mass is 10.0. The number of hydrogen-bond donors (Lipinski definition) is 1. The maximum absolute atomic E-state index is 10.6. The van der Waals surface area contributed by atoms with Gasteiger partial charge in [0.15, 0.2) is 0 Å². The van der Waals surface area contributed by atoms with E-state index in [2.05, 4.69) is 0 Å². The molecule has 1 unspecified atom stereocenters. The summed E-state index contributed by atoms with van der Waals surface area (Å²) >= 11 is 0. The number of amides is 1. The fourth-order valence-corrected chi connectivity index (χ4v) is 1.18. The normalized spacial score (nSPS) is 12.0. The van der Waals surface area contributed by atoms with Crippen molar-refractivity contribution in [3.05, 3.63) is 46.0 Å². The molecule has 0 radical (unpaired) electrons. The first-order valence-electron chi connectivity index (χ1n) is 4.08. The summed E-state index contributed by atoms with van der Waals surface area (Å²) in [5.41, 5.74) is 5.42. The van der Waals surface area contributed by atoms with Gasteiger partial charge in [0.2, 0.25) is 11.9 Å². The molecule has 2 N–H and O–H groups in total. The third kappa shape index (κ3) is 2.55. The van der Waals surface area contributed by atoms with Crippen LogP contribution in [0.15, 0.2) is 30.3 Å². The molecule has 0 fully saturated rings. The molecule has 14 heavy (non-hydrogen) atoms. The lowest BCUT2D eigenvalue weighted by Gasteiger charge is -2.06. The fraction of sp³-hybridized carbons (Fsp3) is 0.222. The summed E-state index contributed by atoms with van der Waals surface area (Å²) in [5, 5.41) is 10.6. The molecular formula is C9H10N2O3. The summed E-state index contributed by atoms with van der Waals surface area (Å²) in [7, 11) is 0. The van der Waals surface area contributed by atoms with Crippen LogP contribution in [-0.2, 0) is 4.79 Å². The highest BCUT2D eigenvalue weighted by Gasteiger charge is 2.24. The average Bonchev–Trinajstić information content (AvgIpc) is 2.15. The molecule has 1 amide bonds. The Morgan fingerprint density at radius 1 is 1.43 bits per heavy atom. The van der Waals surface area contributed by atoms with Gasteiger partial charge in [-0.2, -0.15) is 0 Å². The number of nitrogens with two attached hydrogens (primary N) is 1. The van der Waals surface area contributed by atoms with E-state index in [0.717, 1.165) is 0 Å². The SMILES string of the molecule is NC(=O)CC(c1ccccc1)[N+](=O)[O-]. The van der Waals surface area contributed by atoms with Crippen molar-refractivity contribution in [2.45, 2.75) is 12.5 Å². The van der Waals surface area contributed by atoms with Crippen LogP contribution in [0.3, 0.4) is 0 Å². The molecule has 0 aliphatic heterocycles. The zero-order valence-electron chi connectivity index (χ0n) is 7.42. The van der Waals surface area contributed by atoms with Gasteiger partial charge in [0.1, 0.15) is 0 Å². The molecule has 5 heteroatoms. The highest BCUT2D eigenvalue weighted by molar-refractivity contribution is 5.74. The van der Waals surface area contributed by atoms with E-state index in [9.17, 15) is 14.9 Å². The van der Waals surface area contributed by atoms with Gasteiger partial charge >= 0.3 is 0 Å². The van der Waals surface area contributed by atoms with Crippen LogP contribution in [0.25, 0.3) is 0 Å². The molecule has 0 spiro atoms. The van der Waals surface area contributed by atoms with Gasteiger partial charge in [0, 0.05) is 10.5 Å². The number of nitro groups is 1. The number of rotatable bonds is 4. The number of carbonyl (C=O) groups excluding carboxylic acids is 1. The Hall–Kier alpha value is -1.91. The lowest BCUT2D eigenvalue weighted by Crippen LogP contribution is -2.20. The Kier molecular flexibility index (Phi) is 3.17. The summed E-state index contributed by atoms with van der Waals surface area (Å²) < 4.78 is 0. The van der Waals surface area contributed by atoms with Crippen molar-refractivity contribution in [3.63, 3.8) is 0 Å². The van der Waals surface area contributed by atoms with Gasteiger partial charge in [-0.05, 0) is 0 Å². The highest BCUT2D eigenvalue weighted by atomic mass is 16.6. The smallest absolute Gasteiger partial charge is 0.246 e. The largest absolute Gasteiger partial charge is 0.369 e. The van der Waals surface area contributed by atoms with Gasteiger partial charge < -0.3 is 5.73 Å². The number of primary amides is 1. The summed E-state index contributed by atoms with van der Waals surface area (Å²) in [6.07, 6.45) is -0.267. The van der Waals surface area contributed by atoms with Gasteiger partial charge in [0.25, 0.3) is 0 Å². The van der Waals surface area contributed by atoms with Crippen LogP contribution in [0.4, 0.5) is 0 Å². The van der Waals surface area contributed by atoms with Crippen LogP contribution >= 0.6 is 0 Å². The summed E-state index contributed by atoms with van der Waals surface area (Å²) in [6, 6.07) is 7.31. The maximum Gasteiger partial charge on any atom is 0.246 e. The molecule has 1 rings (SSSR count). The second-order valence-electron chi connectivity index (χ2n) is 2.88. The van der Waals surface area contributed by atoms with Crippen LogP contribution in [0, 0.1) is 10.1 Å². The van der Waals surface area contributed by atoms with Gasteiger partial charge in [-0.25, -0.2) is 0 Å². The summed E-state index contributed by atoms with van der Waals surface area (Å²) in [6.45, 7) is 0. The van der Waals surface area contributed by atoms with E-state index >= 15 is 0 Å². The predicted octanol–water partition coefficient (Wildman–Crippen LogP) is 0.880. The third-order valence-electron chi connectivity index (χ3n) is 1.83. The molecule has 1 aromatic carbocycles. The number of benzene rings is 1. The molecule has 74 valence electrons. The molecule has 0 aromatic heterocycles. The Bertz CT molecular complexity index is 337. The van der Waals surface area contributed by atoms with Gasteiger partial charge in [-0.15, -0.1) is 0 Å². The van der Waals surface area contributed by atoms with Crippen molar-refractivity contribution in [2.24, 2.45) is 5.73 Å². The molecule has 0 saturated carbocycles. The summed E-state index contributed by atoms with van der Waals surface area (Å²) in [5.74, 6) is -0.671. The monoisotopic (exact) mass is 194 g/mol. The predicted molar refractivity (Wildman–Crippen MR) is 50.0 cm³/mol. The van der Waals surface area contributed by atoms with Crippen molar-refractivity contribution >= 4 is 5.91 Å². The first kappa shape index (κ1) is 10.2. The molecule has 1 aromatic rings. The minimum absolute atomic E-state index is 0.267. The van der Waals surface area contributed by atoms with Crippen LogP contribution in [0.1, 0.15) is 18.0 Å². The van der Waals surface area contributed by atoms with Crippen molar-refractivity contribution in [2.75, 3.05) is 0 Å². The Morgan fingerprint density at radius 3 is 2.43 bits per heavy atom. The fourth-order valence-electron chi connectivity index (χ4n) is 1.18. The van der Waals surface area contributed by atoms with E-state index in [-0.39, 0.29) is 6.42 Å². The standard InChI is InChI=1S/C9H10N2O3/c10-9(12)6-8(11(13)14)7-4-2-1-3-5-7/h1-5,8H,6H2,(H2,10,12). The van der Waals surface area contributed by atoms with Crippen molar-refractivity contribution in [3.8, 4) is 0 Å². The molecule has 1 atom stereocenters. The number of carbonyl (C=O) groups is 1. The van der Waals surface area contributed by atoms with E-state index in [1.165, 1.54) is 0 Å². The van der Waals surface area contributed by atoms with Crippen LogP contribution in [0.2, 0.25) is 0 Å². The van der Waals surface area contributed by atoms with E-state index in [1.54, 1.807) is 30.3 Å². The Morgan fingerprint density at radius 2 is 2.00 bits per heavy atom. The van der Waals surface area contributed by atoms with E-state index in [4.69, 9.17) is 5.73 Å². The van der Waals surface area contributed by atoms with E-state index < -0.39 is 16.9 Å². The van der Waals surface area contributed by atoms with E-state index in [0.29, 0.717) is 5.56 Å². The van der Waals surface area contributed by atoms with Gasteiger partial charge in [0.05, 0.1) is 6.42 Å². The van der Waals surface area contributed by atoms with Gasteiger partial charge in [-0.3, -0.25) is 14.9 Å². The second-order valence-corrected chi connectivity index (χ2v) is 2.88. The minimum Gasteiger partial charge on any atom is -0.369 e. The molecule has 0 aliphatic rings. The maximum atomic E-state index is 10.6. The lowest BCUT2D eigenvalue weighted by molar-refractivity contribution is -0.527. The molecule has 5 nitrogen and oxygen atoms in total. The minimum atomic E-state index is -1.03. The average molecular weight is 194 g/mol. The molecule has 0 heterocycles. The highest BCUT2D eigenvalue weighted by Crippen LogP contribution is 2.19. The third-order valence-corrected chi connectivity index (χ3v) is 1.83.